The van der Waals surface area contributed by atoms with Gasteiger partial charge < -0.3 is 39.8 Å². The van der Waals surface area contributed by atoms with Crippen molar-refractivity contribution in [2.24, 2.45) is 0 Å². The molecule has 2 aromatic rings. The Kier molecular flexibility index (Phi) is 9.58. The van der Waals surface area contributed by atoms with Crippen molar-refractivity contribution >= 4 is 11.9 Å². The van der Waals surface area contributed by atoms with Gasteiger partial charge in [-0.2, -0.15) is 0 Å². The van der Waals surface area contributed by atoms with E-state index in [0.29, 0.717) is 42.6 Å². The van der Waals surface area contributed by atoms with Crippen molar-refractivity contribution in [2.75, 3.05) is 53.0 Å². The van der Waals surface area contributed by atoms with E-state index in [1.54, 1.807) is 25.3 Å². The van der Waals surface area contributed by atoms with Crippen molar-refractivity contribution in [3.63, 3.8) is 0 Å². The van der Waals surface area contributed by atoms with Gasteiger partial charge in [0.1, 0.15) is 23.9 Å². The van der Waals surface area contributed by atoms with Gasteiger partial charge in [0.15, 0.2) is 0 Å². The van der Waals surface area contributed by atoms with Gasteiger partial charge in [0.25, 0.3) is 5.91 Å². The van der Waals surface area contributed by atoms with Gasteiger partial charge in [0, 0.05) is 44.9 Å². The van der Waals surface area contributed by atoms with Gasteiger partial charge in [-0.3, -0.25) is 4.79 Å². The molecule has 2 aliphatic heterocycles. The number of carbonyl (C=O) groups excluding carboxylic acids is 2. The third-order valence-corrected chi connectivity index (χ3v) is 6.40. The lowest BCUT2D eigenvalue weighted by Crippen LogP contribution is -2.56. The van der Waals surface area contributed by atoms with Crippen molar-refractivity contribution in [1.82, 2.24) is 20.9 Å². The number of benzene rings is 2. The quantitative estimate of drug-likeness (QED) is 0.528. The Morgan fingerprint density at radius 3 is 2.76 bits per heavy atom. The highest BCUT2D eigenvalue weighted by Gasteiger charge is 2.30. The number of carbonyl (C=O) groups is 2. The molecule has 2 heterocycles. The highest BCUT2D eigenvalue weighted by Crippen LogP contribution is 2.29. The summed E-state index contributed by atoms with van der Waals surface area (Å²) in [6.45, 7) is 6.39. The summed E-state index contributed by atoms with van der Waals surface area (Å²) in [6, 6.07) is 12.3. The van der Waals surface area contributed by atoms with Gasteiger partial charge in [-0.05, 0) is 42.8 Å². The zero-order valence-electron chi connectivity index (χ0n) is 21.5. The van der Waals surface area contributed by atoms with Crippen LogP contribution in [0.5, 0.6) is 17.2 Å². The second kappa shape index (κ2) is 13.3. The highest BCUT2D eigenvalue weighted by atomic mass is 16.5. The van der Waals surface area contributed by atoms with E-state index in [2.05, 4.69) is 27.8 Å². The monoisotopic (exact) mass is 512 g/mol. The van der Waals surface area contributed by atoms with Crippen molar-refractivity contribution in [3.8, 4) is 17.2 Å². The molecular formula is C27H36N4O6. The lowest BCUT2D eigenvalue weighted by Gasteiger charge is -2.38. The molecule has 10 heteroatoms. The molecule has 1 fully saturated rings. The molecular weight excluding hydrogens is 476 g/mol. The molecule has 10 nitrogen and oxygen atoms in total. The summed E-state index contributed by atoms with van der Waals surface area (Å²) in [5.74, 6) is 1.30. The second-order valence-corrected chi connectivity index (χ2v) is 9.08. The number of nitrogens with one attached hydrogen (secondary N) is 3. The van der Waals surface area contributed by atoms with Crippen LogP contribution in [0.1, 0.15) is 29.3 Å². The van der Waals surface area contributed by atoms with Gasteiger partial charge in [-0.15, -0.1) is 0 Å². The third-order valence-electron chi connectivity index (χ3n) is 6.40. The van der Waals surface area contributed by atoms with E-state index in [1.165, 1.54) is 0 Å². The first kappa shape index (κ1) is 26.7. The van der Waals surface area contributed by atoms with Gasteiger partial charge in [-0.25, -0.2) is 4.79 Å². The van der Waals surface area contributed by atoms with E-state index in [-0.39, 0.29) is 37.2 Å². The molecule has 0 aliphatic carbocycles. The first-order chi connectivity index (χ1) is 18.0. The van der Waals surface area contributed by atoms with Crippen LogP contribution in [-0.4, -0.2) is 82.0 Å². The summed E-state index contributed by atoms with van der Waals surface area (Å²) < 4.78 is 23.3. The maximum Gasteiger partial charge on any atom is 0.315 e. The molecule has 2 aliphatic rings. The number of amides is 3. The number of likely N-dealkylation sites (N-methyl/N-ethyl adjacent to an activating group) is 1. The van der Waals surface area contributed by atoms with Crippen LogP contribution in [0.2, 0.25) is 0 Å². The predicted octanol–water partition coefficient (Wildman–Crippen LogP) is 2.53. The molecule has 200 valence electrons. The summed E-state index contributed by atoms with van der Waals surface area (Å²) in [6.07, 6.45) is 0.654. The lowest BCUT2D eigenvalue weighted by molar-refractivity contribution is -0.0271. The van der Waals surface area contributed by atoms with Crippen LogP contribution in [-0.2, 0) is 16.1 Å². The average molecular weight is 513 g/mol. The fraction of sp³-hybridized carbons (Fsp3) is 0.481. The standard InChI is InChI=1S/C27H36N4O6/c1-3-31-10-7-24-25(17-31)36-18-19-5-4-6-21(13-19)37-23-15-20(14-22(16-23)35-12-11-34-2)26(32)28-8-9-29-27(33)30-24/h4-6,13-16,24-25H,3,7-12,17-18H2,1-2H3,(H,28,32)(H2,29,30,33)/t24-,25-/m0/s1. The number of rotatable bonds is 5. The summed E-state index contributed by atoms with van der Waals surface area (Å²) in [4.78, 5) is 27.8. The number of ether oxygens (including phenoxy) is 4. The average Bonchev–Trinajstić information content (AvgIpc) is 2.90. The van der Waals surface area contributed by atoms with E-state index in [9.17, 15) is 9.59 Å². The molecule has 37 heavy (non-hydrogen) atoms. The molecule has 2 atom stereocenters. The largest absolute Gasteiger partial charge is 0.491 e. The predicted molar refractivity (Wildman–Crippen MR) is 138 cm³/mol. The first-order valence-electron chi connectivity index (χ1n) is 12.7. The van der Waals surface area contributed by atoms with Crippen LogP contribution in [0.15, 0.2) is 42.5 Å². The number of piperidine rings is 1. The Morgan fingerprint density at radius 2 is 1.92 bits per heavy atom. The Hall–Kier alpha value is -3.34. The zero-order chi connectivity index (χ0) is 26.0. The minimum absolute atomic E-state index is 0.105. The van der Waals surface area contributed by atoms with Gasteiger partial charge in [-0.1, -0.05) is 19.1 Å². The lowest BCUT2D eigenvalue weighted by atomic mass is 10.0. The van der Waals surface area contributed by atoms with Crippen molar-refractivity contribution in [3.05, 3.63) is 53.6 Å². The van der Waals surface area contributed by atoms with Crippen LogP contribution >= 0.6 is 0 Å². The number of hydrogen-bond donors (Lipinski definition) is 3. The van der Waals surface area contributed by atoms with Crippen LogP contribution in [0.25, 0.3) is 0 Å². The fourth-order valence-electron chi connectivity index (χ4n) is 4.40. The second-order valence-electron chi connectivity index (χ2n) is 9.08. The summed E-state index contributed by atoms with van der Waals surface area (Å²) in [5, 5.41) is 8.72. The molecule has 0 radical (unpaired) electrons. The Labute approximate surface area is 217 Å². The van der Waals surface area contributed by atoms with E-state index in [0.717, 1.165) is 31.6 Å². The normalized spacial score (nSPS) is 21.2. The molecule has 0 saturated carbocycles. The SMILES string of the molecule is CCN1CC[C@@H]2NC(=O)NCCNC(=O)c3cc(OCCOC)cc(c3)Oc3cccc(c3)CO[C@H]2C1. The molecule has 0 spiro atoms. The van der Waals surface area contributed by atoms with Crippen LogP contribution in [0, 0.1) is 0 Å². The van der Waals surface area contributed by atoms with Crippen molar-refractivity contribution in [1.29, 1.82) is 0 Å². The molecule has 4 bridgehead atoms. The van der Waals surface area contributed by atoms with Gasteiger partial charge in [0.2, 0.25) is 0 Å². The van der Waals surface area contributed by atoms with Gasteiger partial charge >= 0.3 is 6.03 Å². The highest BCUT2D eigenvalue weighted by molar-refractivity contribution is 5.95. The molecule has 1 saturated heterocycles. The summed E-state index contributed by atoms with van der Waals surface area (Å²) in [5.41, 5.74) is 1.33. The van der Waals surface area contributed by atoms with Crippen LogP contribution in [0.4, 0.5) is 4.79 Å². The van der Waals surface area contributed by atoms with Crippen LogP contribution in [0.3, 0.4) is 0 Å². The fourth-order valence-corrected chi connectivity index (χ4v) is 4.40. The first-order valence-corrected chi connectivity index (χ1v) is 12.7. The van der Waals surface area contributed by atoms with E-state index >= 15 is 0 Å². The Bertz CT molecular complexity index is 1060. The molecule has 3 amide bonds. The molecule has 0 unspecified atom stereocenters. The van der Waals surface area contributed by atoms with Crippen molar-refractivity contribution in [2.45, 2.75) is 32.1 Å². The maximum atomic E-state index is 12.9. The number of methoxy groups -OCH3 is 1. The minimum Gasteiger partial charge on any atom is -0.491 e. The molecule has 2 aromatic carbocycles. The van der Waals surface area contributed by atoms with Gasteiger partial charge in [0.05, 0.1) is 25.4 Å². The topological polar surface area (TPSA) is 110 Å². The van der Waals surface area contributed by atoms with Crippen LogP contribution < -0.4 is 25.4 Å². The maximum absolute atomic E-state index is 12.9. The number of fused-ring (bicyclic) bond motifs is 5. The summed E-state index contributed by atoms with van der Waals surface area (Å²) >= 11 is 0. The number of urea groups is 1. The Balaban J connectivity index is 1.58. The third kappa shape index (κ3) is 7.82. The number of likely N-dealkylation sites (tertiary alicyclic amines) is 1. The van der Waals surface area contributed by atoms with E-state index in [1.807, 2.05) is 24.3 Å². The van der Waals surface area contributed by atoms with Crippen molar-refractivity contribution < 1.29 is 28.5 Å². The molecule has 0 aromatic heterocycles. The minimum atomic E-state index is -0.292. The smallest absolute Gasteiger partial charge is 0.315 e. The Morgan fingerprint density at radius 1 is 1.05 bits per heavy atom. The molecule has 3 N–H and O–H groups in total. The number of hydrogen-bond acceptors (Lipinski definition) is 7. The zero-order valence-corrected chi connectivity index (χ0v) is 21.5. The van der Waals surface area contributed by atoms with E-state index < -0.39 is 0 Å². The van der Waals surface area contributed by atoms with E-state index in [4.69, 9.17) is 18.9 Å². The summed E-state index contributed by atoms with van der Waals surface area (Å²) in [7, 11) is 1.60. The number of nitrogens with zero attached hydrogens (tertiary/aromatic N) is 1. The molecule has 4 rings (SSSR count).